The van der Waals surface area contributed by atoms with Crippen LogP contribution in [0.15, 0.2) is 0 Å². The van der Waals surface area contributed by atoms with E-state index in [-0.39, 0.29) is 22.7 Å². The van der Waals surface area contributed by atoms with Crippen LogP contribution in [0.4, 0.5) is 0 Å². The first kappa shape index (κ1) is 20.6. The van der Waals surface area contributed by atoms with Crippen LogP contribution in [0, 0.1) is 16.7 Å². The molecule has 134 valence electrons. The van der Waals surface area contributed by atoms with Gasteiger partial charge >= 0.3 is 0 Å². The lowest BCUT2D eigenvalue weighted by Gasteiger charge is -2.51. The number of hydrogen-bond acceptors (Lipinski definition) is 4. The van der Waals surface area contributed by atoms with Crippen molar-refractivity contribution in [1.29, 1.82) is 5.26 Å². The highest BCUT2D eigenvalue weighted by atomic mass is 28.4. The highest BCUT2D eigenvalue weighted by Crippen LogP contribution is 2.45. The maximum Gasteiger partial charge on any atom is 0.192 e. The molecule has 1 aliphatic heterocycles. The Morgan fingerprint density at radius 3 is 2.39 bits per heavy atom. The van der Waals surface area contributed by atoms with Crippen LogP contribution in [0.2, 0.25) is 18.1 Å². The third-order valence-electron chi connectivity index (χ3n) is 5.76. The largest absolute Gasteiger partial charge is 0.413 e. The van der Waals surface area contributed by atoms with Gasteiger partial charge in [-0.05, 0) is 24.6 Å². The van der Waals surface area contributed by atoms with Gasteiger partial charge in [0.1, 0.15) is 6.10 Å². The number of aliphatic hydroxyl groups is 1. The molecular formula is C18H35NO3Si. The number of nitrogens with zero attached hydrogens (tertiary/aromatic N) is 1. The number of ether oxygens (including phenoxy) is 1. The minimum Gasteiger partial charge on any atom is -0.413 e. The molecular weight excluding hydrogens is 306 g/mol. The zero-order valence-corrected chi connectivity index (χ0v) is 17.1. The van der Waals surface area contributed by atoms with E-state index in [9.17, 15) is 10.4 Å². The lowest BCUT2D eigenvalue weighted by molar-refractivity contribution is -0.163. The van der Waals surface area contributed by atoms with Crippen LogP contribution in [0.5, 0.6) is 0 Å². The molecule has 23 heavy (non-hydrogen) atoms. The highest BCUT2D eigenvalue weighted by molar-refractivity contribution is 6.74. The average Bonchev–Trinajstić information content (AvgIpc) is 2.41. The maximum atomic E-state index is 10.1. The second-order valence-electron chi connectivity index (χ2n) is 8.96. The Morgan fingerprint density at radius 2 is 1.96 bits per heavy atom. The number of hydrogen-bond donors (Lipinski definition) is 1. The summed E-state index contributed by atoms with van der Waals surface area (Å²) in [6, 6.07) is 2.25. The number of rotatable bonds is 5. The zero-order chi connectivity index (χ0) is 18.1. The fourth-order valence-corrected chi connectivity index (χ4v) is 4.19. The first-order chi connectivity index (χ1) is 10.3. The maximum absolute atomic E-state index is 10.1. The van der Waals surface area contributed by atoms with Gasteiger partial charge < -0.3 is 14.3 Å². The van der Waals surface area contributed by atoms with E-state index < -0.39 is 20.5 Å². The van der Waals surface area contributed by atoms with Gasteiger partial charge in [-0.15, -0.1) is 0 Å². The summed E-state index contributed by atoms with van der Waals surface area (Å²) in [6.07, 6.45) is 0.827. The predicted octanol–water partition coefficient (Wildman–Crippen LogP) is 4.25. The fraction of sp³-hybridized carbons (Fsp3) is 0.944. The van der Waals surface area contributed by atoms with Gasteiger partial charge in [-0.25, -0.2) is 0 Å². The van der Waals surface area contributed by atoms with Crippen molar-refractivity contribution >= 4 is 8.32 Å². The van der Waals surface area contributed by atoms with Crippen LogP contribution in [-0.4, -0.2) is 37.8 Å². The Hall–Kier alpha value is -0.413. The van der Waals surface area contributed by atoms with Crippen molar-refractivity contribution in [2.45, 2.75) is 103 Å². The summed E-state index contributed by atoms with van der Waals surface area (Å²) in [6.45, 7) is 17.4. The molecule has 1 heterocycles. The molecule has 4 nitrogen and oxygen atoms in total. The minimum atomic E-state index is -1.93. The molecule has 0 aromatic carbocycles. The monoisotopic (exact) mass is 341 g/mol. The Labute approximate surface area is 143 Å². The van der Waals surface area contributed by atoms with Crippen molar-refractivity contribution in [2.75, 3.05) is 0 Å². The highest BCUT2D eigenvalue weighted by Gasteiger charge is 2.50. The van der Waals surface area contributed by atoms with Crippen molar-refractivity contribution in [1.82, 2.24) is 0 Å². The fourth-order valence-electron chi connectivity index (χ4n) is 2.72. The summed E-state index contributed by atoms with van der Waals surface area (Å²) in [7, 11) is -1.93. The predicted molar refractivity (Wildman–Crippen MR) is 95.7 cm³/mol. The van der Waals surface area contributed by atoms with Crippen molar-refractivity contribution in [3.8, 4) is 6.07 Å². The van der Waals surface area contributed by atoms with Crippen molar-refractivity contribution in [2.24, 2.45) is 5.41 Å². The van der Waals surface area contributed by atoms with Crippen molar-refractivity contribution in [3.05, 3.63) is 0 Å². The number of nitriles is 1. The quantitative estimate of drug-likeness (QED) is 0.760. The molecule has 1 saturated heterocycles. The molecule has 0 spiro atoms. The van der Waals surface area contributed by atoms with Crippen molar-refractivity contribution < 1.29 is 14.3 Å². The van der Waals surface area contributed by atoms with E-state index >= 15 is 0 Å². The first-order valence-corrected chi connectivity index (χ1v) is 11.7. The third-order valence-corrected chi connectivity index (χ3v) is 10.2. The second kappa shape index (κ2) is 7.22. The lowest BCUT2D eigenvalue weighted by atomic mass is 9.74. The average molecular weight is 342 g/mol. The summed E-state index contributed by atoms with van der Waals surface area (Å²) < 4.78 is 12.6. The van der Waals surface area contributed by atoms with Crippen molar-refractivity contribution in [3.63, 3.8) is 0 Å². The van der Waals surface area contributed by atoms with Gasteiger partial charge in [-0.2, -0.15) is 5.26 Å². The number of aliphatic hydroxyl groups excluding tert-OH is 1. The molecule has 0 aliphatic carbocycles. The summed E-state index contributed by atoms with van der Waals surface area (Å²) in [5, 5.41) is 19.5. The molecule has 0 radical (unpaired) electrons. The van der Waals surface area contributed by atoms with E-state index in [0.29, 0.717) is 19.3 Å². The smallest absolute Gasteiger partial charge is 0.192 e. The molecule has 0 amide bonds. The Kier molecular flexibility index (Phi) is 6.48. The van der Waals surface area contributed by atoms with Crippen LogP contribution in [0.25, 0.3) is 0 Å². The van der Waals surface area contributed by atoms with Crippen LogP contribution < -0.4 is 0 Å². The molecule has 0 bridgehead atoms. The normalized spacial score (nSPS) is 29.8. The molecule has 1 unspecified atom stereocenters. The Morgan fingerprint density at radius 1 is 1.39 bits per heavy atom. The summed E-state index contributed by atoms with van der Waals surface area (Å²) in [5.74, 6) is 0. The van der Waals surface area contributed by atoms with Gasteiger partial charge in [-0.3, -0.25) is 0 Å². The van der Waals surface area contributed by atoms with Crippen LogP contribution >= 0.6 is 0 Å². The summed E-state index contributed by atoms with van der Waals surface area (Å²) in [5.41, 5.74) is -0.223. The third kappa shape index (κ3) is 4.79. The van der Waals surface area contributed by atoms with E-state index in [0.717, 1.165) is 0 Å². The van der Waals surface area contributed by atoms with Crippen LogP contribution in [-0.2, 0) is 9.16 Å². The van der Waals surface area contributed by atoms with E-state index in [4.69, 9.17) is 9.16 Å². The van der Waals surface area contributed by atoms with E-state index in [1.807, 2.05) is 6.92 Å². The minimum absolute atomic E-state index is 0.0177. The van der Waals surface area contributed by atoms with Gasteiger partial charge in [-0.1, -0.05) is 41.5 Å². The molecule has 0 saturated carbocycles. The summed E-state index contributed by atoms with van der Waals surface area (Å²) >= 11 is 0. The molecule has 0 aromatic rings. The van der Waals surface area contributed by atoms with Crippen LogP contribution in [0.1, 0.15) is 60.8 Å². The van der Waals surface area contributed by atoms with E-state index in [2.05, 4.69) is 53.8 Å². The van der Waals surface area contributed by atoms with E-state index in [1.54, 1.807) is 0 Å². The molecule has 4 atom stereocenters. The van der Waals surface area contributed by atoms with Gasteiger partial charge in [0.05, 0.1) is 24.4 Å². The van der Waals surface area contributed by atoms with E-state index in [1.165, 1.54) is 0 Å². The molecule has 1 rings (SSSR count). The van der Waals surface area contributed by atoms with Crippen LogP contribution in [0.3, 0.4) is 0 Å². The van der Waals surface area contributed by atoms with Gasteiger partial charge in [0.2, 0.25) is 0 Å². The molecule has 5 heteroatoms. The lowest BCUT2D eigenvalue weighted by Crippen LogP contribution is -2.56. The Balaban J connectivity index is 3.02. The van der Waals surface area contributed by atoms with Gasteiger partial charge in [0.15, 0.2) is 8.32 Å². The summed E-state index contributed by atoms with van der Waals surface area (Å²) in [4.78, 5) is 0. The topological polar surface area (TPSA) is 62.5 Å². The molecule has 1 fully saturated rings. The molecule has 1 N–H and O–H groups in total. The SMILES string of the molecule is CCC(O)C[C@H]1O[C@H](C#N)C[C@@H](O[Si](C)(C)C(C)(C)C)C1(C)C. The van der Waals surface area contributed by atoms with Gasteiger partial charge in [0.25, 0.3) is 0 Å². The molecule has 1 aliphatic rings. The van der Waals surface area contributed by atoms with Gasteiger partial charge in [0, 0.05) is 18.3 Å². The standard InChI is InChI=1S/C18H35NO3Si/c1-9-13(20)10-15-18(5,6)16(11-14(12-19)21-15)22-23(7,8)17(2,3)4/h13-16,20H,9-11H2,1-8H3/t13?,14-,15+,16+/m0/s1. The zero-order valence-electron chi connectivity index (χ0n) is 16.1. The Bertz CT molecular complexity index is 437. The second-order valence-corrected chi connectivity index (χ2v) is 13.7. The first-order valence-electron chi connectivity index (χ1n) is 8.76. The molecule has 0 aromatic heterocycles.